The summed E-state index contributed by atoms with van der Waals surface area (Å²) < 4.78 is 0. The third-order valence-electron chi connectivity index (χ3n) is 4.30. The molecule has 0 radical (unpaired) electrons. The second-order valence-electron chi connectivity index (χ2n) is 6.91. The number of carbonyl (C=O) groups is 1. The van der Waals surface area contributed by atoms with Gasteiger partial charge in [0.15, 0.2) is 0 Å². The first-order chi connectivity index (χ1) is 9.99. The zero-order valence-electron chi connectivity index (χ0n) is 13.6. The van der Waals surface area contributed by atoms with Gasteiger partial charge in [0.1, 0.15) is 0 Å². The average molecular weight is 300 g/mol. The van der Waals surface area contributed by atoms with Gasteiger partial charge < -0.3 is 15.5 Å². The van der Waals surface area contributed by atoms with E-state index < -0.39 is 5.41 Å². The Hall–Kier alpha value is -0.650. The Kier molecular flexibility index (Phi) is 8.22. The fourth-order valence-electron chi connectivity index (χ4n) is 2.98. The van der Waals surface area contributed by atoms with Crippen LogP contribution in [0.15, 0.2) is 0 Å². The van der Waals surface area contributed by atoms with Crippen molar-refractivity contribution in [2.24, 2.45) is 5.41 Å². The first-order valence-corrected chi connectivity index (χ1v) is 8.19. The molecule has 1 rings (SSSR count). The van der Waals surface area contributed by atoms with Gasteiger partial charge in [0.2, 0.25) is 5.91 Å². The Balaban J connectivity index is 2.34. The molecule has 0 aliphatic heterocycles. The molecule has 0 unspecified atom stereocenters. The molecule has 0 bridgehead atoms. The van der Waals surface area contributed by atoms with Crippen LogP contribution in [-0.2, 0) is 4.79 Å². The van der Waals surface area contributed by atoms with Gasteiger partial charge in [-0.05, 0) is 19.9 Å². The van der Waals surface area contributed by atoms with Crippen molar-refractivity contribution in [2.75, 3.05) is 33.4 Å². The van der Waals surface area contributed by atoms with Crippen molar-refractivity contribution in [2.45, 2.75) is 57.9 Å². The molecule has 1 fully saturated rings. The highest BCUT2D eigenvalue weighted by molar-refractivity contribution is 5.78. The number of nitrogens with one attached hydrogen (secondary N) is 1. The minimum Gasteiger partial charge on any atom is -0.396 e. The van der Waals surface area contributed by atoms with Gasteiger partial charge in [-0.25, -0.2) is 0 Å². The molecule has 3 N–H and O–H groups in total. The predicted octanol–water partition coefficient (Wildman–Crippen LogP) is 1.14. The standard InChI is InChI=1S/C16H32N2O3/c1-16(12-19,13-20)11-18(2)10-15(21)17-14-8-6-4-3-5-7-9-14/h14,19-20H,3-13H2,1-2H3,(H,17,21). The second kappa shape index (κ2) is 9.38. The lowest BCUT2D eigenvalue weighted by atomic mass is 9.92. The maximum absolute atomic E-state index is 12.1. The lowest BCUT2D eigenvalue weighted by molar-refractivity contribution is -0.123. The predicted molar refractivity (Wildman–Crippen MR) is 84.0 cm³/mol. The van der Waals surface area contributed by atoms with E-state index in [1.807, 2.05) is 18.9 Å². The van der Waals surface area contributed by atoms with Gasteiger partial charge in [0.05, 0.1) is 19.8 Å². The van der Waals surface area contributed by atoms with E-state index >= 15 is 0 Å². The molecule has 1 saturated carbocycles. The van der Waals surface area contributed by atoms with Crippen LogP contribution in [0.5, 0.6) is 0 Å². The Bertz CT molecular complexity index is 298. The van der Waals surface area contributed by atoms with E-state index in [0.717, 1.165) is 12.8 Å². The molecule has 1 amide bonds. The van der Waals surface area contributed by atoms with Crippen molar-refractivity contribution in [3.8, 4) is 0 Å². The summed E-state index contributed by atoms with van der Waals surface area (Å²) in [5, 5.41) is 21.7. The van der Waals surface area contributed by atoms with Crippen LogP contribution in [0.3, 0.4) is 0 Å². The van der Waals surface area contributed by atoms with E-state index in [4.69, 9.17) is 0 Å². The highest BCUT2D eigenvalue weighted by Gasteiger charge is 2.25. The molecule has 1 aliphatic carbocycles. The van der Waals surface area contributed by atoms with Crippen molar-refractivity contribution >= 4 is 5.91 Å². The van der Waals surface area contributed by atoms with E-state index in [0.29, 0.717) is 19.1 Å². The van der Waals surface area contributed by atoms with Crippen molar-refractivity contribution < 1.29 is 15.0 Å². The summed E-state index contributed by atoms with van der Waals surface area (Å²) in [6.07, 6.45) is 8.45. The van der Waals surface area contributed by atoms with E-state index in [1.54, 1.807) is 0 Å². The lowest BCUT2D eigenvalue weighted by Gasteiger charge is -2.30. The summed E-state index contributed by atoms with van der Waals surface area (Å²) in [6.45, 7) is 2.45. The number of aliphatic hydroxyl groups excluding tert-OH is 2. The zero-order valence-corrected chi connectivity index (χ0v) is 13.6. The third kappa shape index (κ3) is 7.25. The van der Waals surface area contributed by atoms with Crippen molar-refractivity contribution in [1.82, 2.24) is 10.2 Å². The SMILES string of the molecule is CN(CC(=O)NC1CCCCCCC1)CC(C)(CO)CO. The fraction of sp³-hybridized carbons (Fsp3) is 0.938. The van der Waals surface area contributed by atoms with Crippen LogP contribution in [0.25, 0.3) is 0 Å². The smallest absolute Gasteiger partial charge is 0.234 e. The number of hydrogen-bond donors (Lipinski definition) is 3. The molecule has 5 nitrogen and oxygen atoms in total. The van der Waals surface area contributed by atoms with E-state index in [-0.39, 0.29) is 19.1 Å². The number of aliphatic hydroxyl groups is 2. The Morgan fingerprint density at radius 3 is 2.19 bits per heavy atom. The van der Waals surface area contributed by atoms with Crippen LogP contribution in [-0.4, -0.2) is 60.4 Å². The topological polar surface area (TPSA) is 72.8 Å². The summed E-state index contributed by atoms with van der Waals surface area (Å²) in [5.41, 5.74) is -0.560. The van der Waals surface area contributed by atoms with Crippen LogP contribution in [0.1, 0.15) is 51.9 Å². The molecular weight excluding hydrogens is 268 g/mol. The number of carbonyl (C=O) groups excluding carboxylic acids is 1. The lowest BCUT2D eigenvalue weighted by Crippen LogP contribution is -2.45. The zero-order chi connectivity index (χ0) is 15.7. The number of rotatable bonds is 7. The van der Waals surface area contributed by atoms with Crippen LogP contribution in [0, 0.1) is 5.41 Å². The molecule has 0 aromatic rings. The molecule has 1 aliphatic rings. The second-order valence-corrected chi connectivity index (χ2v) is 6.91. The molecule has 21 heavy (non-hydrogen) atoms. The Morgan fingerprint density at radius 1 is 1.14 bits per heavy atom. The number of amides is 1. The van der Waals surface area contributed by atoms with E-state index in [9.17, 15) is 15.0 Å². The van der Waals surface area contributed by atoms with Crippen molar-refractivity contribution in [1.29, 1.82) is 0 Å². The third-order valence-corrected chi connectivity index (χ3v) is 4.30. The summed E-state index contributed by atoms with van der Waals surface area (Å²) in [7, 11) is 1.85. The molecule has 0 spiro atoms. The number of hydrogen-bond acceptors (Lipinski definition) is 4. The van der Waals surface area contributed by atoms with Crippen molar-refractivity contribution in [3.63, 3.8) is 0 Å². The largest absolute Gasteiger partial charge is 0.396 e. The van der Waals surface area contributed by atoms with E-state index in [1.165, 1.54) is 32.1 Å². The minimum atomic E-state index is -0.560. The number of likely N-dealkylation sites (N-methyl/N-ethyl adjacent to an activating group) is 1. The number of nitrogens with zero attached hydrogens (tertiary/aromatic N) is 1. The van der Waals surface area contributed by atoms with Gasteiger partial charge in [-0.15, -0.1) is 0 Å². The van der Waals surface area contributed by atoms with Gasteiger partial charge in [-0.3, -0.25) is 9.69 Å². The van der Waals surface area contributed by atoms with Gasteiger partial charge in [0.25, 0.3) is 0 Å². The Labute approximate surface area is 128 Å². The summed E-state index contributed by atoms with van der Waals surface area (Å²) >= 11 is 0. The van der Waals surface area contributed by atoms with Crippen LogP contribution in [0.4, 0.5) is 0 Å². The first-order valence-electron chi connectivity index (χ1n) is 8.19. The quantitative estimate of drug-likeness (QED) is 0.659. The molecule has 124 valence electrons. The molecule has 5 heteroatoms. The van der Waals surface area contributed by atoms with Gasteiger partial charge in [-0.2, -0.15) is 0 Å². The first kappa shape index (κ1) is 18.4. The van der Waals surface area contributed by atoms with Crippen LogP contribution in [0.2, 0.25) is 0 Å². The molecule has 0 heterocycles. The van der Waals surface area contributed by atoms with Gasteiger partial charge >= 0.3 is 0 Å². The van der Waals surface area contributed by atoms with Gasteiger partial charge in [-0.1, -0.05) is 39.0 Å². The minimum absolute atomic E-state index is 0.0429. The van der Waals surface area contributed by atoms with Gasteiger partial charge in [0, 0.05) is 18.0 Å². The molecule has 0 aromatic carbocycles. The van der Waals surface area contributed by atoms with Crippen LogP contribution >= 0.6 is 0 Å². The Morgan fingerprint density at radius 2 is 1.67 bits per heavy atom. The van der Waals surface area contributed by atoms with E-state index in [2.05, 4.69) is 5.32 Å². The average Bonchev–Trinajstić information content (AvgIpc) is 2.41. The fourth-order valence-corrected chi connectivity index (χ4v) is 2.98. The van der Waals surface area contributed by atoms with Crippen molar-refractivity contribution in [3.05, 3.63) is 0 Å². The highest BCUT2D eigenvalue weighted by Crippen LogP contribution is 2.17. The maximum atomic E-state index is 12.1. The highest BCUT2D eigenvalue weighted by atomic mass is 16.3. The maximum Gasteiger partial charge on any atom is 0.234 e. The normalized spacial score (nSPS) is 18.3. The monoisotopic (exact) mass is 300 g/mol. The molecular formula is C16H32N2O3. The molecule has 0 atom stereocenters. The summed E-state index contributed by atoms with van der Waals surface area (Å²) in [5.74, 6) is 0.0429. The molecule has 0 saturated heterocycles. The molecule has 0 aromatic heterocycles. The summed E-state index contributed by atoms with van der Waals surface area (Å²) in [4.78, 5) is 14.0. The van der Waals surface area contributed by atoms with Crippen LogP contribution < -0.4 is 5.32 Å². The summed E-state index contributed by atoms with van der Waals surface area (Å²) in [6, 6.07) is 0.313.